The van der Waals surface area contributed by atoms with E-state index in [9.17, 15) is 13.2 Å². The Labute approximate surface area is 119 Å². The second-order valence-corrected chi connectivity index (χ2v) is 6.45. The van der Waals surface area contributed by atoms with Crippen molar-refractivity contribution in [3.63, 3.8) is 0 Å². The fourth-order valence-corrected chi connectivity index (χ4v) is 2.11. The third-order valence-electron chi connectivity index (χ3n) is 2.69. The number of pyridine rings is 1. The number of nitrogens with one attached hydrogen (secondary N) is 1. The van der Waals surface area contributed by atoms with Crippen LogP contribution in [0.25, 0.3) is 0 Å². The minimum absolute atomic E-state index is 0.113. The average molecular weight is 300 g/mol. The van der Waals surface area contributed by atoms with E-state index in [1.807, 2.05) is 6.07 Å². The topological polar surface area (TPSA) is 82.6 Å². The van der Waals surface area contributed by atoms with Crippen molar-refractivity contribution in [2.45, 2.75) is 13.5 Å². The zero-order valence-electron chi connectivity index (χ0n) is 11.9. The summed E-state index contributed by atoms with van der Waals surface area (Å²) >= 11 is 0. The van der Waals surface area contributed by atoms with Crippen LogP contribution in [-0.2, 0) is 21.5 Å². The summed E-state index contributed by atoms with van der Waals surface area (Å²) in [4.78, 5) is 17.1. The molecule has 0 aliphatic heterocycles. The van der Waals surface area contributed by atoms with Crippen molar-refractivity contribution in [3.8, 4) is 0 Å². The Morgan fingerprint density at radius 3 is 2.60 bits per heavy atom. The van der Waals surface area contributed by atoms with E-state index >= 15 is 0 Å². The van der Waals surface area contributed by atoms with Crippen molar-refractivity contribution >= 4 is 16.1 Å². The maximum atomic E-state index is 11.6. The summed E-state index contributed by atoms with van der Waals surface area (Å²) in [5.41, 5.74) is 0.901. The summed E-state index contributed by atoms with van der Waals surface area (Å²) in [6, 6.07) is 3.66. The number of amides is 1. The maximum Gasteiger partial charge on any atom is 0.278 e. The molecule has 20 heavy (non-hydrogen) atoms. The maximum absolute atomic E-state index is 11.6. The molecule has 1 rings (SSSR count). The molecule has 0 unspecified atom stereocenters. The molecule has 0 radical (unpaired) electrons. The number of aromatic nitrogens is 1. The molecule has 0 atom stereocenters. The molecule has 1 aromatic heterocycles. The molecule has 1 heterocycles. The Balaban J connectivity index is 2.55. The summed E-state index contributed by atoms with van der Waals surface area (Å²) in [6.07, 6.45) is 3.34. The molecule has 1 amide bonds. The van der Waals surface area contributed by atoms with Gasteiger partial charge in [-0.25, -0.2) is 4.72 Å². The number of hydrogen-bond acceptors (Lipinski definition) is 4. The first-order valence-corrected chi connectivity index (χ1v) is 7.58. The zero-order chi connectivity index (χ0) is 15.2. The molecule has 0 saturated carbocycles. The minimum Gasteiger partial charge on any atom is -0.337 e. The molecular formula is C12H20N4O3S. The number of nitrogens with zero attached hydrogens (tertiary/aromatic N) is 3. The summed E-state index contributed by atoms with van der Waals surface area (Å²) < 4.78 is 26.6. The fraction of sp³-hybridized carbons (Fsp3) is 0.500. The molecule has 0 aliphatic carbocycles. The predicted octanol–water partition coefficient (Wildman–Crippen LogP) is -0.174. The van der Waals surface area contributed by atoms with Crippen LogP contribution in [0.1, 0.15) is 12.5 Å². The molecule has 1 aromatic rings. The molecule has 0 saturated heterocycles. The molecular weight excluding hydrogens is 280 g/mol. The van der Waals surface area contributed by atoms with Crippen molar-refractivity contribution in [1.29, 1.82) is 0 Å². The minimum atomic E-state index is -3.46. The van der Waals surface area contributed by atoms with Gasteiger partial charge in [0.05, 0.1) is 0 Å². The van der Waals surface area contributed by atoms with E-state index in [0.717, 1.165) is 9.87 Å². The van der Waals surface area contributed by atoms with Crippen LogP contribution in [0.3, 0.4) is 0 Å². The average Bonchev–Trinajstić information content (AvgIpc) is 2.38. The molecule has 8 heteroatoms. The molecule has 0 aliphatic rings. The zero-order valence-corrected chi connectivity index (χ0v) is 12.7. The predicted molar refractivity (Wildman–Crippen MR) is 75.9 cm³/mol. The van der Waals surface area contributed by atoms with Crippen LogP contribution in [-0.4, -0.2) is 55.7 Å². The molecule has 112 valence electrons. The van der Waals surface area contributed by atoms with Crippen LogP contribution in [0.4, 0.5) is 0 Å². The summed E-state index contributed by atoms with van der Waals surface area (Å²) in [7, 11) is -0.569. The highest BCUT2D eigenvalue weighted by atomic mass is 32.2. The van der Waals surface area contributed by atoms with Gasteiger partial charge in [0.15, 0.2) is 0 Å². The highest BCUT2D eigenvalue weighted by Gasteiger charge is 2.14. The summed E-state index contributed by atoms with van der Waals surface area (Å²) in [5.74, 6) is -0.113. The molecule has 7 nitrogen and oxygen atoms in total. The summed E-state index contributed by atoms with van der Waals surface area (Å²) in [5, 5.41) is 0. The molecule has 0 spiro atoms. The summed E-state index contributed by atoms with van der Waals surface area (Å²) in [6.45, 7) is 2.33. The van der Waals surface area contributed by atoms with E-state index in [2.05, 4.69) is 9.71 Å². The van der Waals surface area contributed by atoms with Crippen LogP contribution >= 0.6 is 0 Å². The number of carbonyl (C=O) groups excluding carboxylic acids is 1. The van der Waals surface area contributed by atoms with E-state index < -0.39 is 10.2 Å². The van der Waals surface area contributed by atoms with Gasteiger partial charge in [-0.3, -0.25) is 9.78 Å². The lowest BCUT2D eigenvalue weighted by Gasteiger charge is -2.21. The molecule has 1 N–H and O–H groups in total. The van der Waals surface area contributed by atoms with Gasteiger partial charge >= 0.3 is 0 Å². The third-order valence-corrected chi connectivity index (χ3v) is 4.22. The SMILES string of the molecule is CC(=O)N(CCNS(=O)(=O)N(C)C)Cc1cccnc1. The third kappa shape index (κ3) is 5.24. The second kappa shape index (κ2) is 7.32. The number of hydrogen-bond donors (Lipinski definition) is 1. The highest BCUT2D eigenvalue weighted by molar-refractivity contribution is 7.87. The van der Waals surface area contributed by atoms with Crippen LogP contribution in [0.15, 0.2) is 24.5 Å². The quantitative estimate of drug-likeness (QED) is 0.757. The van der Waals surface area contributed by atoms with Gasteiger partial charge in [-0.05, 0) is 11.6 Å². The first-order chi connectivity index (χ1) is 9.33. The van der Waals surface area contributed by atoms with E-state index in [-0.39, 0.29) is 12.5 Å². The largest absolute Gasteiger partial charge is 0.337 e. The van der Waals surface area contributed by atoms with Crippen molar-refractivity contribution in [2.24, 2.45) is 0 Å². The van der Waals surface area contributed by atoms with Crippen molar-refractivity contribution in [1.82, 2.24) is 18.9 Å². The Bertz CT molecular complexity index is 531. The first kappa shape index (κ1) is 16.5. The lowest BCUT2D eigenvalue weighted by molar-refractivity contribution is -0.129. The Morgan fingerprint density at radius 1 is 1.40 bits per heavy atom. The van der Waals surface area contributed by atoms with Crippen LogP contribution in [0.2, 0.25) is 0 Å². The van der Waals surface area contributed by atoms with Crippen molar-refractivity contribution in [3.05, 3.63) is 30.1 Å². The normalized spacial score (nSPS) is 11.6. The van der Waals surface area contributed by atoms with Crippen LogP contribution < -0.4 is 4.72 Å². The standard InChI is InChI=1S/C12H20N4O3S/c1-11(17)16(10-12-5-4-6-13-9-12)8-7-14-20(18,19)15(2)3/h4-6,9,14H,7-8,10H2,1-3H3. The first-order valence-electron chi connectivity index (χ1n) is 6.14. The van der Waals surface area contributed by atoms with Gasteiger partial charge < -0.3 is 4.90 Å². The second-order valence-electron chi connectivity index (χ2n) is 4.48. The van der Waals surface area contributed by atoms with Crippen LogP contribution in [0, 0.1) is 0 Å². The van der Waals surface area contributed by atoms with Gasteiger partial charge in [0.2, 0.25) is 5.91 Å². The lowest BCUT2D eigenvalue weighted by Crippen LogP contribution is -2.41. The number of carbonyl (C=O) groups is 1. The monoisotopic (exact) mass is 300 g/mol. The van der Waals surface area contributed by atoms with Gasteiger partial charge in [0.25, 0.3) is 10.2 Å². The fourth-order valence-electron chi connectivity index (χ4n) is 1.50. The van der Waals surface area contributed by atoms with E-state index in [1.165, 1.54) is 21.0 Å². The Hall–Kier alpha value is -1.51. The van der Waals surface area contributed by atoms with Crippen molar-refractivity contribution < 1.29 is 13.2 Å². The van der Waals surface area contributed by atoms with Gasteiger partial charge in [-0.15, -0.1) is 0 Å². The Kier molecular flexibility index (Phi) is 6.05. The number of rotatable bonds is 7. The Morgan fingerprint density at radius 2 is 2.10 bits per heavy atom. The van der Waals surface area contributed by atoms with E-state index in [4.69, 9.17) is 0 Å². The smallest absolute Gasteiger partial charge is 0.278 e. The van der Waals surface area contributed by atoms with Crippen molar-refractivity contribution in [2.75, 3.05) is 27.2 Å². The molecule has 0 bridgehead atoms. The van der Waals surface area contributed by atoms with E-state index in [0.29, 0.717) is 13.1 Å². The van der Waals surface area contributed by atoms with Gasteiger partial charge in [-0.1, -0.05) is 6.07 Å². The molecule has 0 fully saturated rings. The lowest BCUT2D eigenvalue weighted by atomic mass is 10.2. The van der Waals surface area contributed by atoms with Crippen LogP contribution in [0.5, 0.6) is 0 Å². The van der Waals surface area contributed by atoms with E-state index in [1.54, 1.807) is 23.4 Å². The van der Waals surface area contributed by atoms with Gasteiger partial charge in [0, 0.05) is 53.0 Å². The highest BCUT2D eigenvalue weighted by Crippen LogP contribution is 2.02. The van der Waals surface area contributed by atoms with Gasteiger partial charge in [-0.2, -0.15) is 12.7 Å². The molecule has 0 aromatic carbocycles. The van der Waals surface area contributed by atoms with Gasteiger partial charge in [0.1, 0.15) is 0 Å².